The second kappa shape index (κ2) is 11.3. The molecule has 0 N–H and O–H groups in total. The van der Waals surface area contributed by atoms with Crippen molar-refractivity contribution in [2.24, 2.45) is 0 Å². The SMILES string of the molecule is CC(=O)/C(Br)=C(/C)[O][Al]([O]/C(C)=C(/Br)C(C)=O)[O]/C(C)=C(/Br)C(C)=O. The maximum absolute atomic E-state index is 11.4. The van der Waals surface area contributed by atoms with Gasteiger partial charge in [0.1, 0.15) is 0 Å². The monoisotopic (exact) mass is 558 g/mol. The number of carbonyl (C=O) groups excluding carboxylic acids is 3. The van der Waals surface area contributed by atoms with E-state index in [2.05, 4.69) is 47.8 Å². The van der Waals surface area contributed by atoms with Gasteiger partial charge in [0.25, 0.3) is 0 Å². The Morgan fingerprint density at radius 3 is 0.920 bits per heavy atom. The van der Waals surface area contributed by atoms with Crippen LogP contribution in [0.4, 0.5) is 0 Å². The van der Waals surface area contributed by atoms with Crippen molar-refractivity contribution in [1.29, 1.82) is 0 Å². The molecule has 0 rings (SSSR count). The van der Waals surface area contributed by atoms with Crippen molar-refractivity contribution < 1.29 is 25.7 Å². The highest BCUT2D eigenvalue weighted by Gasteiger charge is 2.45. The Hall–Kier alpha value is -0.398. The largest absolute Gasteiger partial charge is 1.20 e. The van der Waals surface area contributed by atoms with Gasteiger partial charge in [0, 0.05) is 0 Å². The van der Waals surface area contributed by atoms with Crippen LogP contribution in [0.1, 0.15) is 41.5 Å². The molecule has 0 unspecified atom stereocenters. The van der Waals surface area contributed by atoms with Gasteiger partial charge in [0.05, 0.1) is 30.7 Å². The minimum Gasteiger partial charge on any atom is -0.580 e. The molecule has 138 valence electrons. The standard InChI is InChI=1S/3C5H7BrO2.Al/c3*1-3(7)5(6)4(2)8;/h3*7H,1-2H3;/q;;;+3/p-3/b3*5-3+;. The van der Waals surface area contributed by atoms with E-state index in [0.29, 0.717) is 0 Å². The molecular weight excluding hydrogens is 543 g/mol. The molecule has 0 aliphatic heterocycles. The molecule has 0 aromatic carbocycles. The number of carbonyl (C=O) groups is 3. The first-order chi connectivity index (χ1) is 11.4. The highest BCUT2D eigenvalue weighted by Crippen LogP contribution is 2.22. The van der Waals surface area contributed by atoms with Crippen LogP contribution in [0, 0.1) is 0 Å². The number of hydrogen-bond acceptors (Lipinski definition) is 6. The third-order valence-electron chi connectivity index (χ3n) is 2.67. The van der Waals surface area contributed by atoms with Crippen molar-refractivity contribution in [2.75, 3.05) is 0 Å². The summed E-state index contributed by atoms with van der Waals surface area (Å²) >= 11 is 6.50. The summed E-state index contributed by atoms with van der Waals surface area (Å²) in [5, 5.41) is 0. The number of rotatable bonds is 9. The minimum absolute atomic E-state index is 0.223. The Bertz CT molecular complexity index is 576. The predicted molar refractivity (Wildman–Crippen MR) is 106 cm³/mol. The zero-order valence-corrected chi connectivity index (χ0v) is 20.6. The molecule has 0 saturated carbocycles. The highest BCUT2D eigenvalue weighted by molar-refractivity contribution is 9.12. The van der Waals surface area contributed by atoms with Crippen LogP contribution in [0.25, 0.3) is 0 Å². The molecule has 0 bridgehead atoms. The summed E-state index contributed by atoms with van der Waals surface area (Å²) in [6, 6.07) is 0. The van der Waals surface area contributed by atoms with Crippen molar-refractivity contribution in [3.63, 3.8) is 0 Å². The van der Waals surface area contributed by atoms with Gasteiger partial charge in [-0.2, -0.15) is 0 Å². The van der Waals surface area contributed by atoms with Crippen LogP contribution in [0.15, 0.2) is 30.7 Å². The van der Waals surface area contributed by atoms with Crippen molar-refractivity contribution in [1.82, 2.24) is 0 Å². The Balaban J connectivity index is 5.68. The Morgan fingerprint density at radius 1 is 0.560 bits per heavy atom. The lowest BCUT2D eigenvalue weighted by atomic mass is 10.4. The lowest BCUT2D eigenvalue weighted by Gasteiger charge is -2.19. The number of hydrogen-bond donors (Lipinski definition) is 0. The van der Waals surface area contributed by atoms with Gasteiger partial charge in [-0.25, -0.2) is 0 Å². The highest BCUT2D eigenvalue weighted by atomic mass is 79.9. The van der Waals surface area contributed by atoms with Gasteiger partial charge in [-0.15, -0.1) is 0 Å². The van der Waals surface area contributed by atoms with E-state index in [0.717, 1.165) is 0 Å². The Kier molecular flexibility index (Phi) is 11.2. The second-order valence-electron chi connectivity index (χ2n) is 4.92. The van der Waals surface area contributed by atoms with Gasteiger partial charge >= 0.3 is 15.1 Å². The van der Waals surface area contributed by atoms with Crippen LogP contribution in [-0.4, -0.2) is 32.5 Å². The third kappa shape index (κ3) is 8.69. The molecule has 0 aliphatic rings. The van der Waals surface area contributed by atoms with Crippen LogP contribution >= 0.6 is 47.8 Å². The van der Waals surface area contributed by atoms with E-state index >= 15 is 0 Å². The maximum Gasteiger partial charge on any atom is 1.20 e. The van der Waals surface area contributed by atoms with Gasteiger partial charge < -0.3 is 11.4 Å². The smallest absolute Gasteiger partial charge is 0.580 e. The minimum atomic E-state index is -2.92. The van der Waals surface area contributed by atoms with E-state index < -0.39 is 15.1 Å². The fraction of sp³-hybridized carbons (Fsp3) is 0.400. The van der Waals surface area contributed by atoms with Crippen molar-refractivity contribution in [2.45, 2.75) is 41.5 Å². The van der Waals surface area contributed by atoms with Crippen LogP contribution in [0.3, 0.4) is 0 Å². The summed E-state index contributed by atoms with van der Waals surface area (Å²) in [5.74, 6) is 0.173. The van der Waals surface area contributed by atoms with Crippen molar-refractivity contribution in [3.8, 4) is 0 Å². The summed E-state index contributed by atoms with van der Waals surface area (Å²) in [7, 11) is 0. The lowest BCUT2D eigenvalue weighted by Crippen LogP contribution is -2.27. The van der Waals surface area contributed by atoms with Gasteiger partial charge in [-0.05, 0) is 89.3 Å². The molecular formula is C15H18AlBr3O6. The van der Waals surface area contributed by atoms with Crippen LogP contribution in [0.5, 0.6) is 0 Å². The molecule has 0 radical (unpaired) electrons. The second-order valence-corrected chi connectivity index (χ2v) is 8.58. The van der Waals surface area contributed by atoms with E-state index in [1.54, 1.807) is 20.8 Å². The summed E-state index contributed by atoms with van der Waals surface area (Å²) in [4.78, 5) is 34.3. The number of allylic oxidation sites excluding steroid dienone is 6. The van der Waals surface area contributed by atoms with Crippen LogP contribution in [0.2, 0.25) is 0 Å². The van der Waals surface area contributed by atoms with Crippen molar-refractivity contribution >= 4 is 80.3 Å². The molecule has 0 aliphatic carbocycles. The van der Waals surface area contributed by atoms with Gasteiger partial charge in [0.15, 0.2) is 17.3 Å². The summed E-state index contributed by atoms with van der Waals surface area (Å²) in [6.45, 7) is 8.88. The number of ketones is 3. The first-order valence-corrected chi connectivity index (χ1v) is 10.8. The van der Waals surface area contributed by atoms with E-state index in [1.165, 1.54) is 20.8 Å². The molecule has 25 heavy (non-hydrogen) atoms. The fourth-order valence-corrected chi connectivity index (χ4v) is 3.57. The van der Waals surface area contributed by atoms with Gasteiger partial charge in [-0.1, -0.05) is 0 Å². The molecule has 0 fully saturated rings. The molecule has 0 amide bonds. The predicted octanol–water partition coefficient (Wildman–Crippen LogP) is 4.67. The van der Waals surface area contributed by atoms with E-state index in [9.17, 15) is 14.4 Å². The fourth-order valence-electron chi connectivity index (χ4n) is 1.40. The Labute approximate surface area is 177 Å². The molecule has 10 heteroatoms. The molecule has 6 nitrogen and oxygen atoms in total. The van der Waals surface area contributed by atoms with E-state index in [4.69, 9.17) is 11.4 Å². The zero-order valence-electron chi connectivity index (χ0n) is 14.7. The van der Waals surface area contributed by atoms with E-state index in [-0.39, 0.29) is 48.1 Å². The Morgan fingerprint density at radius 2 is 0.760 bits per heavy atom. The normalized spacial score (nSPS) is 13.8. The first-order valence-electron chi connectivity index (χ1n) is 7.00. The average Bonchev–Trinajstić information content (AvgIpc) is 2.51. The molecule has 0 aromatic rings. The molecule has 0 heterocycles. The zero-order chi connectivity index (χ0) is 19.9. The maximum atomic E-state index is 11.4. The molecule has 0 atom stereocenters. The summed E-state index contributed by atoms with van der Waals surface area (Å²) in [5.41, 5.74) is 0. The van der Waals surface area contributed by atoms with Crippen LogP contribution in [-0.2, 0) is 25.7 Å². The summed E-state index contributed by atoms with van der Waals surface area (Å²) in [6.07, 6.45) is 0. The molecule has 0 saturated heterocycles. The topological polar surface area (TPSA) is 78.9 Å². The number of Topliss-reactive ketones (excluding diaryl/α,β-unsaturated/α-hetero) is 3. The first kappa shape index (κ1) is 24.6. The lowest BCUT2D eigenvalue weighted by molar-refractivity contribution is -0.113. The average molecular weight is 561 g/mol. The van der Waals surface area contributed by atoms with Crippen LogP contribution < -0.4 is 0 Å². The van der Waals surface area contributed by atoms with E-state index in [1.807, 2.05) is 0 Å². The molecule has 0 spiro atoms. The molecule has 0 aromatic heterocycles. The summed E-state index contributed by atoms with van der Waals surface area (Å²) < 4.78 is 17.7. The van der Waals surface area contributed by atoms with Gasteiger partial charge in [0.2, 0.25) is 0 Å². The van der Waals surface area contributed by atoms with Crippen molar-refractivity contribution in [3.05, 3.63) is 30.7 Å². The van der Waals surface area contributed by atoms with Gasteiger partial charge in [-0.3, -0.25) is 14.4 Å². The third-order valence-corrected chi connectivity index (χ3v) is 7.66. The number of halogens is 3. The quantitative estimate of drug-likeness (QED) is 0.232.